The van der Waals surface area contributed by atoms with Gasteiger partial charge in [0.05, 0.1) is 6.54 Å². The summed E-state index contributed by atoms with van der Waals surface area (Å²) in [4.78, 5) is 12.7. The van der Waals surface area contributed by atoms with Gasteiger partial charge in [0.1, 0.15) is 0 Å². The molecule has 0 aliphatic heterocycles. The number of rotatable bonds is 4. The Kier molecular flexibility index (Phi) is 4.38. The maximum absolute atomic E-state index is 10.6. The average Bonchev–Trinajstić information content (AvgIpc) is 2.25. The van der Waals surface area contributed by atoms with Crippen LogP contribution in [0.15, 0.2) is 22.7 Å². The molecule has 0 radical (unpaired) electrons. The third kappa shape index (κ3) is 2.84. The summed E-state index contributed by atoms with van der Waals surface area (Å²) in [5, 5.41) is 0. The molecule has 0 fully saturated rings. The Balaban J connectivity index is 3.00. The number of benzene rings is 1. The van der Waals surface area contributed by atoms with Crippen LogP contribution in [-0.4, -0.2) is 19.4 Å². The first-order chi connectivity index (χ1) is 7.22. The van der Waals surface area contributed by atoms with Gasteiger partial charge in [-0.1, -0.05) is 5.92 Å². The van der Waals surface area contributed by atoms with Gasteiger partial charge in [0.15, 0.2) is 6.29 Å². The van der Waals surface area contributed by atoms with Crippen molar-refractivity contribution in [1.82, 2.24) is 0 Å². The van der Waals surface area contributed by atoms with Crippen molar-refractivity contribution in [2.75, 3.05) is 18.0 Å². The number of halogens is 1. The largest absolute Gasteiger partial charge is 0.361 e. The van der Waals surface area contributed by atoms with E-state index in [0.29, 0.717) is 12.1 Å². The van der Waals surface area contributed by atoms with Crippen LogP contribution in [0.2, 0.25) is 0 Å². The van der Waals surface area contributed by atoms with Gasteiger partial charge in [-0.15, -0.1) is 6.42 Å². The summed E-state index contributed by atoms with van der Waals surface area (Å²) < 4.78 is 0.797. The molecule has 0 aliphatic rings. The van der Waals surface area contributed by atoms with Gasteiger partial charge < -0.3 is 4.90 Å². The van der Waals surface area contributed by atoms with Crippen LogP contribution < -0.4 is 4.90 Å². The second kappa shape index (κ2) is 5.57. The molecule has 15 heavy (non-hydrogen) atoms. The smallest absolute Gasteiger partial charge is 0.151 e. The molecule has 0 aliphatic carbocycles. The normalized spacial score (nSPS) is 9.40. The molecule has 0 amide bonds. The number of carbonyl (C=O) groups excluding carboxylic acids is 1. The first-order valence-electron chi connectivity index (χ1n) is 4.66. The zero-order valence-corrected chi connectivity index (χ0v) is 10.1. The van der Waals surface area contributed by atoms with Crippen molar-refractivity contribution in [2.24, 2.45) is 0 Å². The van der Waals surface area contributed by atoms with E-state index in [2.05, 4.69) is 26.8 Å². The van der Waals surface area contributed by atoms with Gasteiger partial charge in [0.25, 0.3) is 0 Å². The number of nitrogens with zero attached hydrogens (tertiary/aromatic N) is 1. The zero-order valence-electron chi connectivity index (χ0n) is 8.53. The Morgan fingerprint density at radius 1 is 1.60 bits per heavy atom. The minimum Gasteiger partial charge on any atom is -0.361 e. The molecule has 0 heterocycles. The fourth-order valence-electron chi connectivity index (χ4n) is 1.30. The zero-order chi connectivity index (χ0) is 11.3. The summed E-state index contributed by atoms with van der Waals surface area (Å²) in [5.74, 6) is 2.61. The van der Waals surface area contributed by atoms with E-state index in [1.54, 1.807) is 6.07 Å². The summed E-state index contributed by atoms with van der Waals surface area (Å²) in [5.41, 5.74) is 1.67. The Hall–Kier alpha value is -1.27. The van der Waals surface area contributed by atoms with E-state index in [0.717, 1.165) is 23.0 Å². The molecule has 0 spiro atoms. The molecule has 0 unspecified atom stereocenters. The maximum Gasteiger partial charge on any atom is 0.151 e. The molecule has 0 atom stereocenters. The van der Waals surface area contributed by atoms with Gasteiger partial charge in [-0.05, 0) is 41.1 Å². The second-order valence-corrected chi connectivity index (χ2v) is 3.90. The molecule has 1 rings (SSSR count). The third-order valence-corrected chi connectivity index (χ3v) is 2.83. The predicted molar refractivity (Wildman–Crippen MR) is 66.2 cm³/mol. The van der Waals surface area contributed by atoms with Crippen molar-refractivity contribution in [3.8, 4) is 12.3 Å². The molecule has 78 valence electrons. The van der Waals surface area contributed by atoms with E-state index < -0.39 is 0 Å². The number of aldehydes is 1. The Labute approximate surface area is 98.4 Å². The first kappa shape index (κ1) is 11.8. The molecule has 1 aromatic carbocycles. The number of carbonyl (C=O) groups is 1. The van der Waals surface area contributed by atoms with Gasteiger partial charge in [-0.2, -0.15) is 0 Å². The lowest BCUT2D eigenvalue weighted by atomic mass is 10.2. The highest BCUT2D eigenvalue weighted by Gasteiger charge is 2.05. The lowest BCUT2D eigenvalue weighted by Gasteiger charge is -2.20. The van der Waals surface area contributed by atoms with Gasteiger partial charge >= 0.3 is 0 Å². The first-order valence-corrected chi connectivity index (χ1v) is 5.45. The van der Waals surface area contributed by atoms with Crippen LogP contribution in [-0.2, 0) is 0 Å². The van der Waals surface area contributed by atoms with Crippen LogP contribution in [0.25, 0.3) is 0 Å². The monoisotopic (exact) mass is 265 g/mol. The van der Waals surface area contributed by atoms with Crippen molar-refractivity contribution in [1.29, 1.82) is 0 Å². The van der Waals surface area contributed by atoms with E-state index in [1.165, 1.54) is 0 Å². The average molecular weight is 266 g/mol. The summed E-state index contributed by atoms with van der Waals surface area (Å²) in [6.07, 6.45) is 6.10. The van der Waals surface area contributed by atoms with Crippen molar-refractivity contribution < 1.29 is 4.79 Å². The molecule has 0 saturated carbocycles. The highest BCUT2D eigenvalue weighted by molar-refractivity contribution is 9.10. The fourth-order valence-corrected chi connectivity index (χ4v) is 1.76. The third-order valence-electron chi connectivity index (χ3n) is 2.14. The lowest BCUT2D eigenvalue weighted by Crippen LogP contribution is -2.22. The molecule has 0 aromatic heterocycles. The summed E-state index contributed by atoms with van der Waals surface area (Å²) in [7, 11) is 0. The Morgan fingerprint density at radius 3 is 2.80 bits per heavy atom. The molecule has 1 aromatic rings. The summed E-state index contributed by atoms with van der Waals surface area (Å²) in [6, 6.07) is 5.59. The standard InChI is InChI=1S/C12H12BrNO/c1-3-7-14(4-2)11-6-5-10(9-15)12(13)8-11/h1,5-6,8-9H,4,7H2,2H3. The number of terminal acetylenes is 1. The van der Waals surface area contributed by atoms with Gasteiger partial charge in [0, 0.05) is 22.3 Å². The van der Waals surface area contributed by atoms with Gasteiger partial charge in [-0.25, -0.2) is 0 Å². The highest BCUT2D eigenvalue weighted by atomic mass is 79.9. The number of anilines is 1. The molecule has 0 saturated heterocycles. The van der Waals surface area contributed by atoms with E-state index >= 15 is 0 Å². The van der Waals surface area contributed by atoms with Crippen LogP contribution >= 0.6 is 15.9 Å². The predicted octanol–water partition coefficient (Wildman–Crippen LogP) is 2.72. The van der Waals surface area contributed by atoms with Crippen LogP contribution in [0.1, 0.15) is 17.3 Å². The SMILES string of the molecule is C#CCN(CC)c1ccc(C=O)c(Br)c1. The number of hydrogen-bond donors (Lipinski definition) is 0. The molecular weight excluding hydrogens is 254 g/mol. The van der Waals surface area contributed by atoms with E-state index in [1.807, 2.05) is 19.1 Å². The lowest BCUT2D eigenvalue weighted by molar-refractivity contribution is 0.112. The number of hydrogen-bond acceptors (Lipinski definition) is 2. The molecule has 0 bridgehead atoms. The van der Waals surface area contributed by atoms with Crippen molar-refractivity contribution in [3.05, 3.63) is 28.2 Å². The van der Waals surface area contributed by atoms with Gasteiger partial charge in [-0.3, -0.25) is 4.79 Å². The topological polar surface area (TPSA) is 20.3 Å². The summed E-state index contributed by atoms with van der Waals surface area (Å²) in [6.45, 7) is 3.46. The van der Waals surface area contributed by atoms with Gasteiger partial charge in [0.2, 0.25) is 0 Å². The minimum atomic E-state index is 0.573. The van der Waals surface area contributed by atoms with Crippen LogP contribution in [0, 0.1) is 12.3 Å². The summed E-state index contributed by atoms with van der Waals surface area (Å²) >= 11 is 3.35. The van der Waals surface area contributed by atoms with E-state index in [4.69, 9.17) is 6.42 Å². The van der Waals surface area contributed by atoms with Crippen molar-refractivity contribution in [3.63, 3.8) is 0 Å². The molecule has 3 heteroatoms. The van der Waals surface area contributed by atoms with Crippen LogP contribution in [0.4, 0.5) is 5.69 Å². The fraction of sp³-hybridized carbons (Fsp3) is 0.250. The van der Waals surface area contributed by atoms with Crippen molar-refractivity contribution >= 4 is 27.9 Å². The quantitative estimate of drug-likeness (QED) is 0.617. The Morgan fingerprint density at radius 2 is 2.33 bits per heavy atom. The molecule has 2 nitrogen and oxygen atoms in total. The second-order valence-electron chi connectivity index (χ2n) is 3.04. The molecule has 0 N–H and O–H groups in total. The maximum atomic E-state index is 10.6. The minimum absolute atomic E-state index is 0.573. The molecular formula is C12H12BrNO. The van der Waals surface area contributed by atoms with Crippen LogP contribution in [0.3, 0.4) is 0 Å². The van der Waals surface area contributed by atoms with Crippen LogP contribution in [0.5, 0.6) is 0 Å². The van der Waals surface area contributed by atoms with E-state index in [9.17, 15) is 4.79 Å². The Bertz CT molecular complexity index is 395. The highest BCUT2D eigenvalue weighted by Crippen LogP contribution is 2.22. The van der Waals surface area contributed by atoms with E-state index in [-0.39, 0.29) is 0 Å². The van der Waals surface area contributed by atoms with Crippen molar-refractivity contribution in [2.45, 2.75) is 6.92 Å².